The van der Waals surface area contributed by atoms with Gasteiger partial charge in [0.2, 0.25) is 11.8 Å². The topological polar surface area (TPSA) is 478 Å². The number of phenols is 2. The van der Waals surface area contributed by atoms with Crippen molar-refractivity contribution in [1.29, 1.82) is 10.5 Å². The number of aromatic hydroxyl groups is 2. The second kappa shape index (κ2) is 27.3. The van der Waals surface area contributed by atoms with Gasteiger partial charge in [0.25, 0.3) is 26.2 Å². The summed E-state index contributed by atoms with van der Waals surface area (Å²) in [7, 11) is -12.5. The van der Waals surface area contributed by atoms with Crippen LogP contribution in [-0.4, -0.2) is 87.0 Å². The van der Waals surface area contributed by atoms with Gasteiger partial charge in [-0.25, -0.2) is 20.7 Å². The fourth-order valence-electron chi connectivity index (χ4n) is 6.48. The number of azo groups is 3. The Bertz CT molecular complexity index is 4540. The number of hydrogen-bond donors (Lipinski definition) is 8. The molecule has 0 aliphatic rings. The molecule has 1 atom stereocenters. The molecule has 0 spiro atoms. The van der Waals surface area contributed by atoms with Gasteiger partial charge in [0.15, 0.2) is 5.75 Å². The van der Waals surface area contributed by atoms with E-state index in [1.807, 2.05) is 0 Å². The Morgan fingerprint density at radius 2 is 1.24 bits per heavy atom. The van der Waals surface area contributed by atoms with Crippen LogP contribution in [-0.2, 0) is 55.9 Å². The predicted molar refractivity (Wildman–Crippen MR) is 289 cm³/mol. The number of carbonyl (C=O) groups is 1. The molecule has 0 radical (unpaired) electrons. The van der Waals surface area contributed by atoms with Crippen LogP contribution in [0.25, 0.3) is 42.0 Å². The van der Waals surface area contributed by atoms with Crippen molar-refractivity contribution in [3.05, 3.63) is 146 Å². The van der Waals surface area contributed by atoms with E-state index >= 15 is 0 Å². The molecule has 32 nitrogen and oxygen atoms in total. The number of phenolic OH excluding ortho intramolecular Hbond substituents is 2. The summed E-state index contributed by atoms with van der Waals surface area (Å²) in [5.41, 5.74) is -0.163. The van der Waals surface area contributed by atoms with E-state index in [0.717, 1.165) is 24.3 Å². The van der Waals surface area contributed by atoms with Crippen molar-refractivity contribution in [3.63, 3.8) is 0 Å². The molecule has 0 saturated heterocycles. The number of benzene rings is 6. The van der Waals surface area contributed by atoms with Gasteiger partial charge in [-0.15, -0.1) is 29.9 Å². The molecule has 3 heterocycles. The molecular weight excluding hydrogens is 1220 g/mol. The standard InChI is InChI=1S/2C15H7N6O4S.C14H11N5O7S2.2CH3.Ni/c1-16-13-14(17-2)19-15(18-13)21-20-12-10-5-4-9(26(23,24)25)7-8(10)3-6-11(12)22;16-6-11-12(7-17)19-15(18-11)21-20-14-10-3-2-9(23-24-25-26)5-8(10)1-4-13(14)22;1-27(22,23)9-4-7-2-3-8(28(24,25)26)5-10(7)11(6-9)16-18-14-15-12(13(20)21)17-19-14;;;/h3-7H,(H2-,18,19,20,21,22,23,24,25);1-5H,(H2-,18,19,20,21,22,26);2-6H,1H2,(H,20,21)(H,22,23)(H,15,17,19)(H,24,25,26);2*1H3;/q2*-1;;2*-1;. The third kappa shape index (κ3) is 15.8. The number of aromatic nitrogens is 7. The van der Waals surface area contributed by atoms with Crippen molar-refractivity contribution in [1.82, 2.24) is 35.1 Å². The summed E-state index contributed by atoms with van der Waals surface area (Å²) in [5, 5.41) is 81.8. The summed E-state index contributed by atoms with van der Waals surface area (Å²) in [4.78, 5) is 39.5. The van der Waals surface area contributed by atoms with Gasteiger partial charge in [0.05, 0.1) is 37.6 Å². The Balaban J connectivity index is 0.000000263. The molecule has 9 rings (SSSR count). The molecule has 3 aromatic heterocycles. The maximum atomic E-state index is 11.9. The van der Waals surface area contributed by atoms with E-state index in [1.165, 1.54) is 42.5 Å². The summed E-state index contributed by atoms with van der Waals surface area (Å²) < 4.78 is 89.3. The molecule has 0 bridgehead atoms. The van der Waals surface area contributed by atoms with E-state index < -0.39 is 46.7 Å². The molecule has 0 amide bonds. The largest absolute Gasteiger partial charge is 0.562 e. The third-order valence-electron chi connectivity index (χ3n) is 9.97. The van der Waals surface area contributed by atoms with Crippen molar-refractivity contribution in [2.75, 3.05) is 0 Å². The van der Waals surface area contributed by atoms with Crippen molar-refractivity contribution in [2.45, 2.75) is 14.7 Å². The number of hydrogen-bond acceptors (Lipinski definition) is 24. The van der Waals surface area contributed by atoms with Crippen molar-refractivity contribution >= 4 is 134 Å². The Kier molecular flexibility index (Phi) is 21.5. The molecule has 428 valence electrons. The van der Waals surface area contributed by atoms with Crippen molar-refractivity contribution < 1.29 is 85.6 Å². The average Bonchev–Trinajstić information content (AvgIpc) is 4.41. The molecule has 0 aliphatic heterocycles. The molecule has 7 N–H and O–H groups in total. The van der Waals surface area contributed by atoms with E-state index in [0.29, 0.717) is 32.7 Å². The smallest absolute Gasteiger partial charge is 0.373 e. The van der Waals surface area contributed by atoms with Crippen LogP contribution in [0.2, 0.25) is 0 Å². The molecule has 9 aromatic rings. The number of aromatic carboxylic acids is 1. The first-order valence-corrected chi connectivity index (χ1v) is 25.7. The second-order valence-electron chi connectivity index (χ2n) is 15.0. The minimum absolute atomic E-state index is 0. The SMILES string of the molecule is C=S(=O)(O)c1cc(N=Nc2n[nH]c(C(=O)O)n2)c2cc(S(=O)(=O)O)ccc2c1.N#Cc1nc(N=Nc2c(O)ccc3cc(OOOS)ccc23)[n-]c1C#N.[C-]#[N+]c1nc(N=Nc2c(O)ccc3cc(S(=O)(=O)O)ccc23)[n-]c1[N+]#[C-].[CH3-].[CH3-].[Ni]. The zero-order valence-corrected chi connectivity index (χ0v) is 45.7. The van der Waals surface area contributed by atoms with E-state index in [-0.39, 0.29) is 116 Å². The van der Waals surface area contributed by atoms with Crippen molar-refractivity contribution in [3.8, 4) is 29.4 Å². The summed E-state index contributed by atoms with van der Waals surface area (Å²) in [6.45, 7) is 13.8. The Morgan fingerprint density at radius 3 is 1.76 bits per heavy atom. The number of H-pyrrole nitrogens is 1. The molecular formula is C46H31N17NiO15S4-4. The fourth-order valence-corrected chi connectivity index (χ4v) is 8.14. The van der Waals surface area contributed by atoms with Crippen LogP contribution in [0.3, 0.4) is 0 Å². The van der Waals surface area contributed by atoms with Gasteiger partial charge in [0, 0.05) is 51.5 Å². The van der Waals surface area contributed by atoms with E-state index in [1.54, 1.807) is 36.4 Å². The average molecular weight is 1250 g/mol. The van der Waals surface area contributed by atoms with Gasteiger partial charge in [-0.1, -0.05) is 30.8 Å². The first-order chi connectivity index (χ1) is 37.9. The normalized spacial score (nSPS) is 11.8. The molecule has 83 heavy (non-hydrogen) atoms. The minimum atomic E-state index is -4.51. The minimum Gasteiger partial charge on any atom is -0.562 e. The number of fused-ring (bicyclic) bond motifs is 3. The maximum absolute atomic E-state index is 11.9. The zero-order valence-electron chi connectivity index (χ0n) is 41.4. The number of thiol groups is 1. The van der Waals surface area contributed by atoms with Crippen LogP contribution in [0.15, 0.2) is 136 Å². The number of carboxylic acids is 1. The molecule has 1 unspecified atom stereocenters. The molecule has 0 saturated carbocycles. The Labute approximate surface area is 482 Å². The predicted octanol–water partition coefficient (Wildman–Crippen LogP) is 9.57. The molecule has 0 aliphatic carbocycles. The number of nitrogens with zero attached hydrogens (tertiary/aromatic N) is 16. The van der Waals surface area contributed by atoms with Crippen LogP contribution >= 0.6 is 12.9 Å². The number of nitrogens with one attached hydrogen (secondary N) is 1. The van der Waals surface area contributed by atoms with Crippen LogP contribution in [0.4, 0.5) is 46.5 Å². The molecule has 6 aromatic carbocycles. The van der Waals surface area contributed by atoms with Crippen LogP contribution in [0.5, 0.6) is 17.2 Å². The van der Waals surface area contributed by atoms with Gasteiger partial charge in [-0.2, -0.15) is 32.3 Å². The third-order valence-corrected chi connectivity index (χ3v) is 12.7. The fraction of sp³-hybridized carbons (Fsp3) is 0. The first kappa shape index (κ1) is 65.4. The number of carboxylic acid groups (broad SMARTS) is 1. The van der Waals surface area contributed by atoms with Crippen LogP contribution in [0.1, 0.15) is 22.0 Å². The quantitative estimate of drug-likeness (QED) is 0.00612. The number of aromatic amines is 1. The number of rotatable bonds is 13. The van der Waals surface area contributed by atoms with Gasteiger partial charge in [-0.3, -0.25) is 29.3 Å². The van der Waals surface area contributed by atoms with Gasteiger partial charge >= 0.3 is 5.97 Å². The summed E-state index contributed by atoms with van der Waals surface area (Å²) in [6.07, 6.45) is 0. The molecule has 0 fully saturated rings. The monoisotopic (exact) mass is 1250 g/mol. The van der Waals surface area contributed by atoms with E-state index in [4.69, 9.17) is 38.2 Å². The number of nitriles is 2. The van der Waals surface area contributed by atoms with E-state index in [9.17, 15) is 45.2 Å². The van der Waals surface area contributed by atoms with Crippen LogP contribution < -0.4 is 14.9 Å². The van der Waals surface area contributed by atoms with E-state index in [2.05, 4.69) is 104 Å². The second-order valence-corrected chi connectivity index (χ2v) is 19.7. The first-order valence-electron chi connectivity index (χ1n) is 20.8. The maximum Gasteiger partial charge on any atom is 0.373 e. The van der Waals surface area contributed by atoms with Gasteiger partial charge < -0.3 is 59.3 Å². The molecule has 37 heteroatoms. The zero-order chi connectivity index (χ0) is 58.1. The summed E-state index contributed by atoms with van der Waals surface area (Å²) in [6, 6.07) is 23.8. The van der Waals surface area contributed by atoms with Gasteiger partial charge in [-0.05, 0) is 93.8 Å². The van der Waals surface area contributed by atoms with Crippen LogP contribution in [0, 0.1) is 50.7 Å². The van der Waals surface area contributed by atoms with Gasteiger partial charge in [0.1, 0.15) is 50.6 Å². The number of imidazole rings is 2. The van der Waals surface area contributed by atoms with Crippen molar-refractivity contribution in [2.24, 2.45) is 30.7 Å². The summed E-state index contributed by atoms with van der Waals surface area (Å²) in [5.74, 6) is 0.191. The Morgan fingerprint density at radius 1 is 0.687 bits per heavy atom. The Hall–Kier alpha value is -10.1. The summed E-state index contributed by atoms with van der Waals surface area (Å²) >= 11 is 3.38.